The summed E-state index contributed by atoms with van der Waals surface area (Å²) in [6.07, 6.45) is 0.746. The Morgan fingerprint density at radius 3 is 2.13 bits per heavy atom. The SMILES string of the molecule is CCC(C)C(C)C(C)C(C)(CC(=O)OC(C)c1ccccc1[N+](=O)[O-])C(C)C(C)C. The Morgan fingerprint density at radius 1 is 1.07 bits per heavy atom. The summed E-state index contributed by atoms with van der Waals surface area (Å²) in [6.45, 7) is 19.6. The summed E-state index contributed by atoms with van der Waals surface area (Å²) in [6, 6.07) is 6.45. The predicted molar refractivity (Wildman–Crippen MR) is 122 cm³/mol. The van der Waals surface area contributed by atoms with E-state index in [9.17, 15) is 14.9 Å². The Balaban J connectivity index is 3.10. The standard InChI is InChI=1S/C25H41NO4/c1-10-17(4)18(5)20(7)25(9,19(6)16(2)3)15-24(27)30-21(8)22-13-11-12-14-23(22)26(28)29/h11-14,16-21H,10,15H2,1-9H3. The van der Waals surface area contributed by atoms with Gasteiger partial charge in [-0.1, -0.05) is 73.9 Å². The van der Waals surface area contributed by atoms with E-state index >= 15 is 0 Å². The van der Waals surface area contributed by atoms with Crippen molar-refractivity contribution < 1.29 is 14.5 Å². The van der Waals surface area contributed by atoms with Crippen molar-refractivity contribution >= 4 is 11.7 Å². The third-order valence-corrected chi connectivity index (χ3v) is 7.82. The van der Waals surface area contributed by atoms with Crippen molar-refractivity contribution in [1.29, 1.82) is 0 Å². The van der Waals surface area contributed by atoms with Crippen molar-refractivity contribution in [2.24, 2.45) is 35.0 Å². The normalized spacial score (nSPS) is 18.7. The number of nitrogens with zero attached hydrogens (tertiary/aromatic N) is 1. The van der Waals surface area contributed by atoms with E-state index in [0.717, 1.165) is 6.42 Å². The lowest BCUT2D eigenvalue weighted by atomic mass is 9.59. The van der Waals surface area contributed by atoms with E-state index in [0.29, 0.717) is 41.6 Å². The van der Waals surface area contributed by atoms with Crippen LogP contribution in [0, 0.1) is 45.1 Å². The molecule has 0 radical (unpaired) electrons. The maximum atomic E-state index is 13.0. The van der Waals surface area contributed by atoms with Gasteiger partial charge >= 0.3 is 5.97 Å². The number of para-hydroxylation sites is 1. The van der Waals surface area contributed by atoms with Crippen LogP contribution in [0.2, 0.25) is 0 Å². The van der Waals surface area contributed by atoms with Crippen LogP contribution in [0.25, 0.3) is 0 Å². The first-order valence-electron chi connectivity index (χ1n) is 11.3. The maximum Gasteiger partial charge on any atom is 0.306 e. The minimum absolute atomic E-state index is 0.0186. The van der Waals surface area contributed by atoms with E-state index in [2.05, 4.69) is 55.4 Å². The van der Waals surface area contributed by atoms with Crippen molar-refractivity contribution in [3.8, 4) is 0 Å². The van der Waals surface area contributed by atoms with E-state index in [1.54, 1.807) is 25.1 Å². The second-order valence-corrected chi connectivity index (χ2v) is 9.70. The molecule has 6 atom stereocenters. The van der Waals surface area contributed by atoms with Gasteiger partial charge in [-0.15, -0.1) is 0 Å². The Morgan fingerprint density at radius 2 is 1.63 bits per heavy atom. The van der Waals surface area contributed by atoms with Gasteiger partial charge in [0.1, 0.15) is 6.10 Å². The van der Waals surface area contributed by atoms with Gasteiger partial charge in [-0.05, 0) is 48.0 Å². The van der Waals surface area contributed by atoms with Crippen LogP contribution in [0.1, 0.15) is 86.8 Å². The molecule has 1 aromatic carbocycles. The molecular weight excluding hydrogens is 378 g/mol. The fourth-order valence-electron chi connectivity index (χ4n) is 4.57. The van der Waals surface area contributed by atoms with Gasteiger partial charge in [0.05, 0.1) is 16.9 Å². The maximum absolute atomic E-state index is 13.0. The third-order valence-electron chi connectivity index (χ3n) is 7.82. The van der Waals surface area contributed by atoms with E-state index in [-0.39, 0.29) is 17.1 Å². The molecule has 5 nitrogen and oxygen atoms in total. The number of rotatable bonds is 11. The van der Waals surface area contributed by atoms with Crippen molar-refractivity contribution in [2.45, 2.75) is 81.3 Å². The fraction of sp³-hybridized carbons (Fsp3) is 0.720. The number of nitro benzene ring substituents is 1. The molecule has 1 rings (SSSR count). The zero-order chi connectivity index (χ0) is 23.2. The lowest BCUT2D eigenvalue weighted by Crippen LogP contribution is -2.41. The van der Waals surface area contributed by atoms with Gasteiger partial charge < -0.3 is 4.74 Å². The molecule has 0 aromatic heterocycles. The number of benzene rings is 1. The fourth-order valence-corrected chi connectivity index (χ4v) is 4.57. The summed E-state index contributed by atoms with van der Waals surface area (Å²) >= 11 is 0. The second kappa shape index (κ2) is 10.9. The van der Waals surface area contributed by atoms with Gasteiger partial charge in [0.15, 0.2) is 0 Å². The van der Waals surface area contributed by atoms with Crippen LogP contribution in [0.15, 0.2) is 24.3 Å². The molecule has 0 bridgehead atoms. The molecule has 5 heteroatoms. The molecule has 0 spiro atoms. The zero-order valence-electron chi connectivity index (χ0n) is 20.3. The minimum Gasteiger partial charge on any atom is -0.457 e. The van der Waals surface area contributed by atoms with Crippen LogP contribution in [0.3, 0.4) is 0 Å². The highest BCUT2D eigenvalue weighted by Gasteiger charge is 2.43. The summed E-state index contributed by atoms with van der Waals surface area (Å²) in [5, 5.41) is 11.3. The van der Waals surface area contributed by atoms with Gasteiger partial charge in [0, 0.05) is 6.07 Å². The molecule has 0 heterocycles. The van der Waals surface area contributed by atoms with Gasteiger partial charge in [-0.3, -0.25) is 14.9 Å². The average molecular weight is 420 g/mol. The van der Waals surface area contributed by atoms with Crippen molar-refractivity contribution in [1.82, 2.24) is 0 Å². The quantitative estimate of drug-likeness (QED) is 0.216. The topological polar surface area (TPSA) is 69.4 Å². The first-order valence-corrected chi connectivity index (χ1v) is 11.3. The summed E-state index contributed by atoms with van der Waals surface area (Å²) in [7, 11) is 0. The number of ether oxygens (including phenoxy) is 1. The van der Waals surface area contributed by atoms with Crippen molar-refractivity contribution in [3.63, 3.8) is 0 Å². The smallest absolute Gasteiger partial charge is 0.306 e. The van der Waals surface area contributed by atoms with Gasteiger partial charge in [0.25, 0.3) is 5.69 Å². The molecule has 30 heavy (non-hydrogen) atoms. The van der Waals surface area contributed by atoms with Gasteiger partial charge in [-0.25, -0.2) is 0 Å². The highest BCUT2D eigenvalue weighted by Crippen LogP contribution is 2.48. The molecule has 6 unspecified atom stereocenters. The molecule has 0 fully saturated rings. The highest BCUT2D eigenvalue weighted by atomic mass is 16.6. The van der Waals surface area contributed by atoms with Gasteiger partial charge in [-0.2, -0.15) is 0 Å². The van der Waals surface area contributed by atoms with Crippen molar-refractivity contribution in [2.75, 3.05) is 0 Å². The summed E-state index contributed by atoms with van der Waals surface area (Å²) in [5.41, 5.74) is 0.182. The van der Waals surface area contributed by atoms with Crippen LogP contribution in [0.5, 0.6) is 0 Å². The van der Waals surface area contributed by atoms with E-state index < -0.39 is 11.0 Å². The first kappa shape index (κ1) is 26.1. The Hall–Kier alpha value is -1.91. The molecule has 1 aromatic rings. The van der Waals surface area contributed by atoms with Gasteiger partial charge in [0.2, 0.25) is 0 Å². The molecule has 0 aliphatic heterocycles. The predicted octanol–water partition coefficient (Wildman–Crippen LogP) is 7.21. The molecule has 0 N–H and O–H groups in total. The third kappa shape index (κ3) is 6.05. The van der Waals surface area contributed by atoms with Crippen LogP contribution in [0.4, 0.5) is 5.69 Å². The molecule has 0 amide bonds. The summed E-state index contributed by atoms with van der Waals surface area (Å²) in [4.78, 5) is 23.9. The van der Waals surface area contributed by atoms with Crippen LogP contribution in [-0.4, -0.2) is 10.9 Å². The van der Waals surface area contributed by atoms with E-state index in [1.807, 2.05) is 0 Å². The molecule has 170 valence electrons. The Kier molecular flexibility index (Phi) is 9.51. The zero-order valence-corrected chi connectivity index (χ0v) is 20.3. The number of hydrogen-bond donors (Lipinski definition) is 0. The Bertz CT molecular complexity index is 717. The van der Waals surface area contributed by atoms with E-state index in [4.69, 9.17) is 4.74 Å². The van der Waals surface area contributed by atoms with Crippen LogP contribution < -0.4 is 0 Å². The minimum atomic E-state index is -0.667. The number of hydrogen-bond acceptors (Lipinski definition) is 4. The Labute approximate surface area is 182 Å². The molecule has 0 aliphatic rings. The average Bonchev–Trinajstić information content (AvgIpc) is 2.70. The monoisotopic (exact) mass is 419 g/mol. The number of carbonyl (C=O) groups excluding carboxylic acids is 1. The summed E-state index contributed by atoms with van der Waals surface area (Å²) < 4.78 is 5.73. The van der Waals surface area contributed by atoms with Crippen LogP contribution >= 0.6 is 0 Å². The number of esters is 1. The number of carbonyl (C=O) groups is 1. The highest BCUT2D eigenvalue weighted by molar-refractivity contribution is 5.71. The van der Waals surface area contributed by atoms with Crippen molar-refractivity contribution in [3.05, 3.63) is 39.9 Å². The lowest BCUT2D eigenvalue weighted by Gasteiger charge is -2.46. The molecule has 0 saturated heterocycles. The largest absolute Gasteiger partial charge is 0.457 e. The van der Waals surface area contributed by atoms with Crippen LogP contribution in [-0.2, 0) is 9.53 Å². The van der Waals surface area contributed by atoms with E-state index in [1.165, 1.54) is 6.07 Å². The lowest BCUT2D eigenvalue weighted by molar-refractivity contribution is -0.386. The molecular formula is C25H41NO4. The second-order valence-electron chi connectivity index (χ2n) is 9.70. The summed E-state index contributed by atoms with van der Waals surface area (Å²) in [5.74, 6) is 1.84. The number of nitro groups is 1. The molecule has 0 saturated carbocycles. The molecule has 0 aliphatic carbocycles. The first-order chi connectivity index (χ1) is 13.9.